The fourth-order valence-electron chi connectivity index (χ4n) is 3.32. The molecule has 3 aliphatic heterocycles. The average Bonchev–Trinajstić information content (AvgIpc) is 2.99. The van der Waals surface area contributed by atoms with Gasteiger partial charge in [-0.3, -0.25) is 0 Å². The normalized spacial score (nSPS) is 27.4. The molecule has 1 aromatic carbocycles. The van der Waals surface area contributed by atoms with Crippen molar-refractivity contribution in [3.8, 4) is 17.2 Å². The van der Waals surface area contributed by atoms with Crippen LogP contribution in [0, 0.1) is 0 Å². The van der Waals surface area contributed by atoms with Crippen LogP contribution in [-0.2, 0) is 23.3 Å². The Morgan fingerprint density at radius 3 is 2.65 bits per heavy atom. The van der Waals surface area contributed by atoms with E-state index in [2.05, 4.69) is 18.9 Å². The molecular formula is C15H19NO4. The predicted octanol–water partition coefficient (Wildman–Crippen LogP) is 1.66. The van der Waals surface area contributed by atoms with Gasteiger partial charge in [-0.05, 0) is 26.0 Å². The number of benzene rings is 1. The van der Waals surface area contributed by atoms with E-state index in [4.69, 9.17) is 18.9 Å². The van der Waals surface area contributed by atoms with E-state index in [9.17, 15) is 0 Å². The summed E-state index contributed by atoms with van der Waals surface area (Å²) >= 11 is 0. The third-order valence-corrected chi connectivity index (χ3v) is 4.47. The van der Waals surface area contributed by atoms with Crippen LogP contribution in [0.1, 0.15) is 23.6 Å². The van der Waals surface area contributed by atoms with Gasteiger partial charge in [-0.2, -0.15) is 0 Å². The number of fused-ring (bicyclic) bond motifs is 2. The summed E-state index contributed by atoms with van der Waals surface area (Å²) in [6.07, 6.45) is 0.993. The van der Waals surface area contributed by atoms with Crippen molar-refractivity contribution < 1.29 is 18.9 Å². The lowest BCUT2D eigenvalue weighted by Gasteiger charge is -2.30. The molecule has 0 aromatic heterocycles. The molecule has 0 N–H and O–H groups in total. The van der Waals surface area contributed by atoms with Gasteiger partial charge in [-0.1, -0.05) is 0 Å². The minimum Gasteiger partial charge on any atom is -0.492 e. The van der Waals surface area contributed by atoms with Crippen LogP contribution in [0.3, 0.4) is 0 Å². The molecular weight excluding hydrogens is 258 g/mol. The summed E-state index contributed by atoms with van der Waals surface area (Å²) in [5, 5.41) is 0. The van der Waals surface area contributed by atoms with Crippen LogP contribution in [0.5, 0.6) is 17.2 Å². The Morgan fingerprint density at radius 2 is 1.95 bits per heavy atom. The molecule has 5 heteroatoms. The van der Waals surface area contributed by atoms with E-state index in [0.717, 1.165) is 43.4 Å². The van der Waals surface area contributed by atoms with Crippen LogP contribution in [-0.4, -0.2) is 39.0 Å². The van der Waals surface area contributed by atoms with Crippen molar-refractivity contribution >= 4 is 0 Å². The zero-order valence-electron chi connectivity index (χ0n) is 12.1. The van der Waals surface area contributed by atoms with E-state index >= 15 is 0 Å². The molecule has 0 radical (unpaired) electrons. The average molecular weight is 277 g/mol. The highest BCUT2D eigenvalue weighted by Crippen LogP contribution is 2.56. The topological polar surface area (TPSA) is 43.5 Å². The highest BCUT2D eigenvalue weighted by molar-refractivity contribution is 5.67. The molecule has 108 valence electrons. The Labute approximate surface area is 118 Å². The summed E-state index contributed by atoms with van der Waals surface area (Å²) in [5.41, 5.74) is 3.50. The molecule has 0 spiro atoms. The first-order valence-corrected chi connectivity index (χ1v) is 6.98. The van der Waals surface area contributed by atoms with E-state index in [1.54, 1.807) is 7.11 Å². The van der Waals surface area contributed by atoms with Crippen molar-refractivity contribution in [2.45, 2.75) is 25.5 Å². The van der Waals surface area contributed by atoms with E-state index < -0.39 is 0 Å². The quantitative estimate of drug-likeness (QED) is 0.769. The number of epoxide rings is 1. The van der Waals surface area contributed by atoms with Crippen molar-refractivity contribution in [2.24, 2.45) is 0 Å². The highest BCUT2D eigenvalue weighted by atomic mass is 16.7. The zero-order valence-corrected chi connectivity index (χ0v) is 12.1. The molecule has 1 atom stereocenters. The summed E-state index contributed by atoms with van der Waals surface area (Å²) in [5.74, 6) is 2.39. The van der Waals surface area contributed by atoms with Gasteiger partial charge in [0.05, 0.1) is 13.7 Å². The molecule has 5 nitrogen and oxygen atoms in total. The SMILES string of the molecule is COc1c2c(c(C3(C)CO3)c3c1OCO3)CCN(C)C2. The van der Waals surface area contributed by atoms with Gasteiger partial charge in [-0.25, -0.2) is 0 Å². The van der Waals surface area contributed by atoms with Gasteiger partial charge in [0.25, 0.3) is 0 Å². The van der Waals surface area contributed by atoms with E-state index in [-0.39, 0.29) is 12.4 Å². The van der Waals surface area contributed by atoms with Crippen molar-refractivity contribution in [3.63, 3.8) is 0 Å². The molecule has 3 heterocycles. The number of methoxy groups -OCH3 is 1. The minimum atomic E-state index is -0.218. The predicted molar refractivity (Wildman–Crippen MR) is 72.5 cm³/mol. The number of rotatable bonds is 2. The van der Waals surface area contributed by atoms with Gasteiger partial charge in [-0.15, -0.1) is 0 Å². The molecule has 0 bridgehead atoms. The molecule has 1 unspecified atom stereocenters. The maximum absolute atomic E-state index is 5.74. The minimum absolute atomic E-state index is 0.218. The number of ether oxygens (including phenoxy) is 4. The van der Waals surface area contributed by atoms with Gasteiger partial charge < -0.3 is 23.8 Å². The highest BCUT2D eigenvalue weighted by Gasteiger charge is 2.49. The summed E-state index contributed by atoms with van der Waals surface area (Å²) in [6, 6.07) is 0. The maximum Gasteiger partial charge on any atom is 0.231 e. The van der Waals surface area contributed by atoms with Crippen LogP contribution in [0.25, 0.3) is 0 Å². The number of hydrogen-bond donors (Lipinski definition) is 0. The van der Waals surface area contributed by atoms with Crippen molar-refractivity contribution in [1.29, 1.82) is 0 Å². The van der Waals surface area contributed by atoms with Gasteiger partial charge in [0.15, 0.2) is 11.5 Å². The molecule has 0 saturated carbocycles. The lowest BCUT2D eigenvalue weighted by molar-refractivity contribution is 0.169. The van der Waals surface area contributed by atoms with Crippen LogP contribution in [0.2, 0.25) is 0 Å². The van der Waals surface area contributed by atoms with E-state index in [0.29, 0.717) is 0 Å². The van der Waals surface area contributed by atoms with Crippen molar-refractivity contribution in [2.75, 3.05) is 34.1 Å². The fraction of sp³-hybridized carbons (Fsp3) is 0.600. The van der Waals surface area contributed by atoms with Crippen LogP contribution < -0.4 is 14.2 Å². The molecule has 0 aliphatic carbocycles. The lowest BCUT2D eigenvalue weighted by Crippen LogP contribution is -2.29. The second-order valence-electron chi connectivity index (χ2n) is 5.94. The van der Waals surface area contributed by atoms with Crippen LogP contribution in [0.4, 0.5) is 0 Å². The van der Waals surface area contributed by atoms with Crippen LogP contribution >= 0.6 is 0 Å². The van der Waals surface area contributed by atoms with Gasteiger partial charge >= 0.3 is 0 Å². The first-order valence-electron chi connectivity index (χ1n) is 6.98. The van der Waals surface area contributed by atoms with Crippen molar-refractivity contribution in [3.05, 3.63) is 16.7 Å². The first-order chi connectivity index (χ1) is 9.64. The smallest absolute Gasteiger partial charge is 0.231 e. The van der Waals surface area contributed by atoms with Gasteiger partial charge in [0, 0.05) is 24.2 Å². The standard InChI is InChI=1S/C15H19NO4/c1-15(7-20-15)11-9-4-5-16(2)6-10(9)12(17-3)14-13(11)18-8-19-14/h4-8H2,1-3H3. The maximum atomic E-state index is 5.74. The first kappa shape index (κ1) is 12.3. The Hall–Kier alpha value is -1.46. The third kappa shape index (κ3) is 1.56. The molecule has 1 aromatic rings. The molecule has 4 rings (SSSR count). The summed E-state index contributed by atoms with van der Waals surface area (Å²) in [7, 11) is 3.82. The summed E-state index contributed by atoms with van der Waals surface area (Å²) in [4.78, 5) is 2.30. The lowest BCUT2D eigenvalue weighted by atomic mass is 9.86. The number of nitrogens with zero attached hydrogens (tertiary/aromatic N) is 1. The van der Waals surface area contributed by atoms with Crippen LogP contribution in [0.15, 0.2) is 0 Å². The fourth-order valence-corrected chi connectivity index (χ4v) is 3.32. The molecule has 1 fully saturated rings. The molecule has 0 amide bonds. The second kappa shape index (κ2) is 4.02. The zero-order chi connectivity index (χ0) is 13.9. The molecule has 3 aliphatic rings. The number of hydrogen-bond acceptors (Lipinski definition) is 5. The molecule has 1 saturated heterocycles. The van der Waals surface area contributed by atoms with Gasteiger partial charge in [0.1, 0.15) is 5.60 Å². The van der Waals surface area contributed by atoms with E-state index in [1.807, 2.05) is 0 Å². The van der Waals surface area contributed by atoms with E-state index in [1.165, 1.54) is 16.7 Å². The summed E-state index contributed by atoms with van der Waals surface area (Å²) < 4.78 is 22.7. The summed E-state index contributed by atoms with van der Waals surface area (Å²) in [6.45, 7) is 5.04. The Bertz CT molecular complexity index is 580. The largest absolute Gasteiger partial charge is 0.492 e. The second-order valence-corrected chi connectivity index (χ2v) is 5.94. The Morgan fingerprint density at radius 1 is 1.20 bits per heavy atom. The van der Waals surface area contributed by atoms with Gasteiger partial charge in [0.2, 0.25) is 12.5 Å². The monoisotopic (exact) mass is 277 g/mol. The van der Waals surface area contributed by atoms with Crippen molar-refractivity contribution in [1.82, 2.24) is 4.90 Å². The Kier molecular flexibility index (Phi) is 2.47. The molecule has 20 heavy (non-hydrogen) atoms. The number of likely N-dealkylation sites (N-methyl/N-ethyl adjacent to an activating group) is 1. The third-order valence-electron chi connectivity index (χ3n) is 4.47. The Balaban J connectivity index is 2.00.